The van der Waals surface area contributed by atoms with Crippen LogP contribution in [0.15, 0.2) is 46.1 Å². The van der Waals surface area contributed by atoms with Gasteiger partial charge in [0.2, 0.25) is 5.91 Å². The van der Waals surface area contributed by atoms with E-state index in [1.54, 1.807) is 22.7 Å². The van der Waals surface area contributed by atoms with Gasteiger partial charge in [0.25, 0.3) is 5.56 Å². The molecular weight excluding hydrogens is 388 g/mol. The fourth-order valence-corrected chi connectivity index (χ4v) is 5.01. The molecule has 1 N–H and O–H groups in total. The number of carbonyl (C=O) groups is 2. The summed E-state index contributed by atoms with van der Waals surface area (Å²) in [5.41, 5.74) is 3.12. The highest BCUT2D eigenvalue weighted by Gasteiger charge is 2.37. The van der Waals surface area contributed by atoms with Gasteiger partial charge in [0.1, 0.15) is 0 Å². The van der Waals surface area contributed by atoms with E-state index in [1.807, 2.05) is 16.9 Å². The van der Waals surface area contributed by atoms with Crippen LogP contribution in [0.25, 0.3) is 11.1 Å². The van der Waals surface area contributed by atoms with E-state index in [4.69, 9.17) is 5.11 Å². The van der Waals surface area contributed by atoms with Crippen LogP contribution in [0.2, 0.25) is 0 Å². The topological polar surface area (TPSA) is 79.6 Å². The fraction of sp³-hybridized carbons (Fsp3) is 0.409. The number of benzene rings is 1. The Bertz CT molecular complexity index is 999. The van der Waals surface area contributed by atoms with Crippen LogP contribution in [0, 0.1) is 5.92 Å². The summed E-state index contributed by atoms with van der Waals surface area (Å²) >= 11 is 1.69. The molecule has 3 heterocycles. The van der Waals surface area contributed by atoms with Crippen molar-refractivity contribution in [1.82, 2.24) is 9.47 Å². The molecule has 2 bridgehead atoms. The van der Waals surface area contributed by atoms with Crippen molar-refractivity contribution in [3.05, 3.63) is 52.4 Å². The second-order valence-corrected chi connectivity index (χ2v) is 8.68. The zero-order valence-electron chi connectivity index (χ0n) is 16.3. The molecule has 6 nitrogen and oxygen atoms in total. The van der Waals surface area contributed by atoms with E-state index in [9.17, 15) is 14.4 Å². The number of aliphatic carboxylic acids is 1. The Morgan fingerprint density at radius 2 is 1.83 bits per heavy atom. The molecule has 2 aliphatic heterocycles. The summed E-state index contributed by atoms with van der Waals surface area (Å²) in [6, 6.07) is 11.9. The average molecular weight is 413 g/mol. The number of carboxylic acids is 1. The Hall–Kier alpha value is -2.54. The summed E-state index contributed by atoms with van der Waals surface area (Å²) in [7, 11) is 0. The second-order valence-electron chi connectivity index (χ2n) is 7.80. The number of thioether (sulfide) groups is 1. The van der Waals surface area contributed by atoms with Gasteiger partial charge in [-0.25, -0.2) is 0 Å². The number of hydrogen-bond acceptors (Lipinski definition) is 4. The van der Waals surface area contributed by atoms with Crippen LogP contribution in [0.4, 0.5) is 0 Å². The van der Waals surface area contributed by atoms with E-state index in [-0.39, 0.29) is 36.1 Å². The maximum Gasteiger partial charge on any atom is 0.303 e. The molecule has 2 unspecified atom stereocenters. The zero-order valence-corrected chi connectivity index (χ0v) is 17.2. The number of carbonyl (C=O) groups excluding carboxylic acids is 1. The van der Waals surface area contributed by atoms with E-state index in [1.165, 1.54) is 4.90 Å². The maximum atomic E-state index is 12.6. The Morgan fingerprint density at radius 3 is 2.52 bits per heavy atom. The van der Waals surface area contributed by atoms with E-state index < -0.39 is 5.97 Å². The summed E-state index contributed by atoms with van der Waals surface area (Å²) in [4.78, 5) is 38.9. The van der Waals surface area contributed by atoms with Gasteiger partial charge < -0.3 is 14.6 Å². The standard InChI is InChI=1S/C22H24N2O4S/c1-29-17-4-2-15(3-5-17)18-6-7-20(26)24-12-14-10-16(22(18)24)13-23(11-14)19(25)8-9-21(27)28/h2-7,14,16H,8-13H2,1H3,(H,27,28). The van der Waals surface area contributed by atoms with Gasteiger partial charge in [-0.05, 0) is 42.4 Å². The second kappa shape index (κ2) is 8.06. The van der Waals surface area contributed by atoms with Gasteiger partial charge in [0, 0.05) is 54.2 Å². The molecule has 0 saturated carbocycles. The molecule has 0 aliphatic carbocycles. The fourth-order valence-electron chi connectivity index (χ4n) is 4.61. The van der Waals surface area contributed by atoms with Crippen molar-refractivity contribution in [2.75, 3.05) is 19.3 Å². The first kappa shape index (κ1) is 19.8. The molecule has 1 amide bonds. The number of nitrogens with zero attached hydrogens (tertiary/aromatic N) is 2. The number of carboxylic acid groups (broad SMARTS) is 1. The molecule has 152 valence electrons. The minimum atomic E-state index is -0.955. The van der Waals surface area contributed by atoms with Crippen molar-refractivity contribution >= 4 is 23.6 Å². The summed E-state index contributed by atoms with van der Waals surface area (Å²) in [6.07, 6.45) is 2.87. The number of rotatable bonds is 5. The molecule has 1 saturated heterocycles. The largest absolute Gasteiger partial charge is 0.481 e. The molecule has 1 aromatic heterocycles. The van der Waals surface area contributed by atoms with Gasteiger partial charge in [-0.1, -0.05) is 12.1 Å². The third-order valence-corrected chi connectivity index (χ3v) is 6.64. The number of likely N-dealkylation sites (tertiary alicyclic amines) is 1. The molecule has 29 heavy (non-hydrogen) atoms. The molecule has 4 rings (SSSR count). The predicted octanol–water partition coefficient (Wildman–Crippen LogP) is 3.05. The van der Waals surface area contributed by atoms with E-state index in [0.717, 1.165) is 23.2 Å². The van der Waals surface area contributed by atoms with E-state index >= 15 is 0 Å². The maximum absolute atomic E-state index is 12.6. The minimum absolute atomic E-state index is 0.00448. The predicted molar refractivity (Wildman–Crippen MR) is 112 cm³/mol. The normalized spacial score (nSPS) is 20.2. The third kappa shape index (κ3) is 3.96. The lowest BCUT2D eigenvalue weighted by Crippen LogP contribution is -2.49. The number of aromatic nitrogens is 1. The Labute approximate surface area is 173 Å². The number of piperidine rings is 1. The van der Waals surface area contributed by atoms with Crippen LogP contribution >= 0.6 is 11.8 Å². The molecule has 2 aromatic rings. The van der Waals surface area contributed by atoms with Crippen LogP contribution in [0.5, 0.6) is 0 Å². The lowest BCUT2D eigenvalue weighted by Gasteiger charge is -2.43. The summed E-state index contributed by atoms with van der Waals surface area (Å²) in [5, 5.41) is 8.87. The van der Waals surface area contributed by atoms with Crippen LogP contribution in [-0.2, 0) is 16.1 Å². The third-order valence-electron chi connectivity index (χ3n) is 5.90. The smallest absolute Gasteiger partial charge is 0.303 e. The van der Waals surface area contributed by atoms with Crippen LogP contribution in [-0.4, -0.2) is 45.8 Å². The van der Waals surface area contributed by atoms with Crippen molar-refractivity contribution in [2.24, 2.45) is 5.92 Å². The first-order valence-electron chi connectivity index (χ1n) is 9.84. The van der Waals surface area contributed by atoms with Crippen molar-refractivity contribution in [1.29, 1.82) is 0 Å². The van der Waals surface area contributed by atoms with Gasteiger partial charge in [-0.3, -0.25) is 14.4 Å². The number of fused-ring (bicyclic) bond motifs is 4. The first-order chi connectivity index (χ1) is 14.0. The number of pyridine rings is 1. The monoisotopic (exact) mass is 412 g/mol. The molecule has 7 heteroatoms. The Morgan fingerprint density at radius 1 is 1.07 bits per heavy atom. The molecule has 0 radical (unpaired) electrons. The van der Waals surface area contributed by atoms with Crippen LogP contribution in [0.3, 0.4) is 0 Å². The minimum Gasteiger partial charge on any atom is -0.481 e. The van der Waals surface area contributed by atoms with Crippen molar-refractivity contribution in [2.45, 2.75) is 36.6 Å². The average Bonchev–Trinajstić information content (AvgIpc) is 2.72. The highest BCUT2D eigenvalue weighted by Crippen LogP contribution is 2.40. The number of amides is 1. The summed E-state index contributed by atoms with van der Waals surface area (Å²) < 4.78 is 1.88. The van der Waals surface area contributed by atoms with Gasteiger partial charge in [-0.2, -0.15) is 0 Å². The van der Waals surface area contributed by atoms with Crippen molar-refractivity contribution in [3.8, 4) is 11.1 Å². The lowest BCUT2D eigenvalue weighted by atomic mass is 9.80. The molecule has 0 spiro atoms. The summed E-state index contributed by atoms with van der Waals surface area (Å²) in [5.74, 6) is -0.759. The lowest BCUT2D eigenvalue weighted by molar-refractivity contribution is -0.141. The summed E-state index contributed by atoms with van der Waals surface area (Å²) in [6.45, 7) is 1.73. The SMILES string of the molecule is CSc1ccc(-c2ccc(=O)n3c2C2CC(CN(C(=O)CCC(=O)O)C2)C3)cc1. The van der Waals surface area contributed by atoms with Crippen molar-refractivity contribution < 1.29 is 14.7 Å². The van der Waals surface area contributed by atoms with Gasteiger partial charge in [0.15, 0.2) is 0 Å². The zero-order chi connectivity index (χ0) is 20.5. The van der Waals surface area contributed by atoms with E-state index in [0.29, 0.717) is 19.6 Å². The van der Waals surface area contributed by atoms with Gasteiger partial charge >= 0.3 is 5.97 Å². The molecule has 2 atom stereocenters. The molecule has 1 fully saturated rings. The Balaban J connectivity index is 1.67. The Kier molecular flexibility index (Phi) is 5.50. The first-order valence-corrected chi connectivity index (χ1v) is 11.1. The van der Waals surface area contributed by atoms with Gasteiger partial charge in [-0.15, -0.1) is 11.8 Å². The highest BCUT2D eigenvalue weighted by atomic mass is 32.2. The molecule has 1 aromatic carbocycles. The highest BCUT2D eigenvalue weighted by molar-refractivity contribution is 7.98. The quantitative estimate of drug-likeness (QED) is 0.764. The van der Waals surface area contributed by atoms with E-state index in [2.05, 4.69) is 24.3 Å². The molecular formula is C22H24N2O4S. The van der Waals surface area contributed by atoms with Crippen LogP contribution < -0.4 is 5.56 Å². The van der Waals surface area contributed by atoms with Crippen LogP contribution in [0.1, 0.15) is 30.9 Å². The molecule has 2 aliphatic rings. The number of hydrogen-bond donors (Lipinski definition) is 1. The van der Waals surface area contributed by atoms with Crippen molar-refractivity contribution in [3.63, 3.8) is 0 Å². The van der Waals surface area contributed by atoms with Gasteiger partial charge in [0.05, 0.1) is 6.42 Å².